The third-order valence-corrected chi connectivity index (χ3v) is 5.21. The average molecular weight is 427 g/mol. The van der Waals surface area contributed by atoms with Gasteiger partial charge in [0.1, 0.15) is 10.7 Å². The maximum absolute atomic E-state index is 13.2. The Morgan fingerprint density at radius 3 is 2.39 bits per heavy atom. The van der Waals surface area contributed by atoms with Gasteiger partial charge in [-0.2, -0.15) is 26.3 Å². The molecule has 1 fully saturated rings. The summed E-state index contributed by atoms with van der Waals surface area (Å²) in [5, 5.41) is 11.3. The molecule has 0 bridgehead atoms. The maximum atomic E-state index is 13.2. The molecule has 1 atom stereocenters. The zero-order valence-electron chi connectivity index (χ0n) is 14.2. The van der Waals surface area contributed by atoms with Crippen LogP contribution in [0.5, 0.6) is 0 Å². The second kappa shape index (κ2) is 7.79. The van der Waals surface area contributed by atoms with Crippen LogP contribution in [0.3, 0.4) is 0 Å². The van der Waals surface area contributed by atoms with Gasteiger partial charge in [-0.15, -0.1) is 0 Å². The van der Waals surface area contributed by atoms with Crippen LogP contribution in [0.15, 0.2) is 12.4 Å². The Morgan fingerprint density at radius 1 is 1.14 bits per heavy atom. The molecule has 0 spiro atoms. The number of rotatable bonds is 4. The van der Waals surface area contributed by atoms with Gasteiger partial charge in [0.15, 0.2) is 0 Å². The highest BCUT2D eigenvalue weighted by Gasteiger charge is 2.38. The van der Waals surface area contributed by atoms with Crippen LogP contribution in [0.2, 0.25) is 0 Å². The summed E-state index contributed by atoms with van der Waals surface area (Å²) in [5.74, 6) is -1.38. The molecule has 2 aromatic heterocycles. The van der Waals surface area contributed by atoms with Crippen LogP contribution in [0.25, 0.3) is 11.3 Å². The number of anilines is 1. The summed E-state index contributed by atoms with van der Waals surface area (Å²) in [7, 11) is 0. The molecule has 13 heteroatoms. The van der Waals surface area contributed by atoms with Crippen molar-refractivity contribution in [2.75, 3.05) is 31.1 Å². The summed E-state index contributed by atoms with van der Waals surface area (Å²) in [5.41, 5.74) is -0.150. The smallest absolute Gasteiger partial charge is 0.396 e. The Balaban J connectivity index is 1.99. The highest BCUT2D eigenvalue weighted by molar-refractivity contribution is 7.16. The number of thiazole rings is 1. The van der Waals surface area contributed by atoms with Gasteiger partial charge < -0.3 is 15.3 Å². The molecule has 1 aliphatic heterocycles. The van der Waals surface area contributed by atoms with Crippen molar-refractivity contribution in [3.8, 4) is 11.3 Å². The van der Waals surface area contributed by atoms with Crippen LogP contribution in [0.4, 0.5) is 31.3 Å². The van der Waals surface area contributed by atoms with Crippen molar-refractivity contribution in [1.29, 1.82) is 0 Å². The highest BCUT2D eigenvalue weighted by Crippen LogP contribution is 2.42. The largest absolute Gasteiger partial charge is 0.451 e. The average Bonchev–Trinajstić information content (AvgIpc) is 3.07. The molecular weight excluding hydrogens is 412 g/mol. The summed E-state index contributed by atoms with van der Waals surface area (Å²) in [6, 6.07) is -0.133. The monoisotopic (exact) mass is 427 g/mol. The Morgan fingerprint density at radius 2 is 1.82 bits per heavy atom. The number of aliphatic hydroxyl groups excluding tert-OH is 1. The van der Waals surface area contributed by atoms with E-state index >= 15 is 0 Å². The second-order valence-corrected chi connectivity index (χ2v) is 7.05. The lowest BCUT2D eigenvalue weighted by Gasteiger charge is -2.34. The second-order valence-electron chi connectivity index (χ2n) is 6.07. The lowest BCUT2D eigenvalue weighted by Crippen LogP contribution is -2.51. The third kappa shape index (κ3) is 4.52. The highest BCUT2D eigenvalue weighted by atomic mass is 32.1. The fourth-order valence-corrected chi connectivity index (χ4v) is 3.78. The van der Waals surface area contributed by atoms with Gasteiger partial charge in [0.05, 0.1) is 0 Å². The number of aliphatic hydroxyl groups is 1. The molecule has 2 aromatic rings. The number of halogens is 6. The van der Waals surface area contributed by atoms with Crippen LogP contribution in [0, 0.1) is 0 Å². The van der Waals surface area contributed by atoms with Crippen molar-refractivity contribution in [3.05, 3.63) is 23.2 Å². The van der Waals surface area contributed by atoms with E-state index < -0.39 is 23.2 Å². The first-order chi connectivity index (χ1) is 13.1. The van der Waals surface area contributed by atoms with E-state index in [-0.39, 0.29) is 28.9 Å². The number of nitrogens with one attached hydrogen (secondary N) is 1. The third-order valence-electron chi connectivity index (χ3n) is 4.05. The molecule has 0 saturated carbocycles. The Labute approximate surface area is 159 Å². The summed E-state index contributed by atoms with van der Waals surface area (Å²) in [6.07, 6.45) is -7.39. The minimum Gasteiger partial charge on any atom is -0.396 e. The molecule has 1 saturated heterocycles. The van der Waals surface area contributed by atoms with Crippen LogP contribution in [0.1, 0.15) is 17.3 Å². The fourth-order valence-electron chi connectivity index (χ4n) is 2.79. The van der Waals surface area contributed by atoms with Crippen molar-refractivity contribution in [2.24, 2.45) is 0 Å². The Kier molecular flexibility index (Phi) is 5.77. The topological polar surface area (TPSA) is 74.2 Å². The standard InChI is InChI=1S/C15H15F6N5OS/c16-14(17,18)12-23-5-8(6-24-12)10-11(28-13(25-10)15(19,20)21)26-3-2-22-9(7-26)1-4-27/h5-6,9,22,27H,1-4,7H2. The van der Waals surface area contributed by atoms with E-state index in [0.29, 0.717) is 37.4 Å². The quantitative estimate of drug-likeness (QED) is 0.732. The van der Waals surface area contributed by atoms with E-state index in [4.69, 9.17) is 5.11 Å². The van der Waals surface area contributed by atoms with E-state index in [9.17, 15) is 26.3 Å². The predicted octanol–water partition coefficient (Wildman–Crippen LogP) is 2.80. The van der Waals surface area contributed by atoms with E-state index in [1.165, 1.54) is 0 Å². The summed E-state index contributed by atoms with van der Waals surface area (Å²) < 4.78 is 77.5. The van der Waals surface area contributed by atoms with Crippen molar-refractivity contribution < 1.29 is 31.4 Å². The van der Waals surface area contributed by atoms with Crippen molar-refractivity contribution in [2.45, 2.75) is 24.8 Å². The van der Waals surface area contributed by atoms with Gasteiger partial charge in [-0.3, -0.25) is 0 Å². The fraction of sp³-hybridized carbons (Fsp3) is 0.533. The zero-order valence-corrected chi connectivity index (χ0v) is 15.0. The lowest BCUT2D eigenvalue weighted by molar-refractivity contribution is -0.145. The SMILES string of the molecule is OCCC1CN(c2sc(C(F)(F)F)nc2-c2cnc(C(F)(F)F)nc2)CCN1. The van der Waals surface area contributed by atoms with E-state index in [0.717, 1.165) is 12.4 Å². The normalized spacial score (nSPS) is 18.5. The molecule has 3 rings (SSSR count). The minimum absolute atomic E-state index is 0.0352. The first-order valence-corrected chi connectivity index (χ1v) is 8.98. The number of piperazine rings is 1. The van der Waals surface area contributed by atoms with Crippen molar-refractivity contribution in [1.82, 2.24) is 20.3 Å². The first-order valence-electron chi connectivity index (χ1n) is 8.16. The van der Waals surface area contributed by atoms with Gasteiger partial charge >= 0.3 is 12.4 Å². The summed E-state index contributed by atoms with van der Waals surface area (Å²) >= 11 is 0.419. The molecule has 0 aliphatic carbocycles. The summed E-state index contributed by atoms with van der Waals surface area (Å²) in [6.45, 7) is 1.11. The maximum Gasteiger partial charge on any atom is 0.451 e. The van der Waals surface area contributed by atoms with Gasteiger partial charge in [-0.25, -0.2) is 15.0 Å². The first kappa shape index (κ1) is 20.7. The Hall–Kier alpha value is -1.99. The minimum atomic E-state index is -4.75. The molecule has 1 unspecified atom stereocenters. The summed E-state index contributed by atoms with van der Waals surface area (Å²) in [4.78, 5) is 11.7. The van der Waals surface area contributed by atoms with Gasteiger partial charge in [-0.05, 0) is 6.42 Å². The van der Waals surface area contributed by atoms with Gasteiger partial charge in [-0.1, -0.05) is 11.3 Å². The lowest BCUT2D eigenvalue weighted by atomic mass is 10.1. The zero-order chi connectivity index (χ0) is 20.5. The van der Waals surface area contributed by atoms with Crippen LogP contribution < -0.4 is 10.2 Å². The Bertz CT molecular complexity index is 805. The van der Waals surface area contributed by atoms with E-state index in [1.54, 1.807) is 4.90 Å². The van der Waals surface area contributed by atoms with Gasteiger partial charge in [0.2, 0.25) is 10.8 Å². The molecule has 6 nitrogen and oxygen atoms in total. The molecule has 0 radical (unpaired) electrons. The molecule has 1 aliphatic rings. The van der Waals surface area contributed by atoms with E-state index in [1.807, 2.05) is 0 Å². The molecule has 2 N–H and O–H groups in total. The number of aromatic nitrogens is 3. The number of nitrogens with zero attached hydrogens (tertiary/aromatic N) is 4. The van der Waals surface area contributed by atoms with Crippen LogP contribution in [-0.4, -0.2) is 52.3 Å². The number of alkyl halides is 6. The molecule has 154 valence electrons. The van der Waals surface area contributed by atoms with Gasteiger partial charge in [0, 0.05) is 50.2 Å². The van der Waals surface area contributed by atoms with Crippen molar-refractivity contribution in [3.63, 3.8) is 0 Å². The molecule has 0 aromatic carbocycles. The predicted molar refractivity (Wildman–Crippen MR) is 88.9 cm³/mol. The van der Waals surface area contributed by atoms with Crippen LogP contribution in [-0.2, 0) is 12.4 Å². The van der Waals surface area contributed by atoms with Gasteiger partial charge in [0.25, 0.3) is 0 Å². The molecular formula is C15H15F6N5OS. The van der Waals surface area contributed by atoms with Crippen LogP contribution >= 0.6 is 11.3 Å². The molecule has 28 heavy (non-hydrogen) atoms. The molecule has 0 amide bonds. The number of hydrogen-bond acceptors (Lipinski definition) is 7. The molecule has 3 heterocycles. The van der Waals surface area contributed by atoms with Crippen molar-refractivity contribution >= 4 is 16.3 Å². The van der Waals surface area contributed by atoms with E-state index in [2.05, 4.69) is 20.3 Å². The number of hydrogen-bond donors (Lipinski definition) is 2.